The predicted molar refractivity (Wildman–Crippen MR) is 92.1 cm³/mol. The second-order valence-corrected chi connectivity index (χ2v) is 4.98. The van der Waals surface area contributed by atoms with Crippen molar-refractivity contribution in [3.63, 3.8) is 0 Å². The molecular weight excluding hydrogens is 304 g/mol. The molecule has 2 N–H and O–H groups in total. The number of rotatable bonds is 5. The van der Waals surface area contributed by atoms with E-state index in [2.05, 4.69) is 20.7 Å². The van der Waals surface area contributed by atoms with Crippen molar-refractivity contribution in [2.75, 3.05) is 7.11 Å². The highest BCUT2D eigenvalue weighted by molar-refractivity contribution is 5.94. The van der Waals surface area contributed by atoms with E-state index in [0.717, 1.165) is 11.1 Å². The highest BCUT2D eigenvalue weighted by Crippen LogP contribution is 2.28. The van der Waals surface area contributed by atoms with Crippen LogP contribution in [0.15, 0.2) is 65.8 Å². The van der Waals surface area contributed by atoms with Gasteiger partial charge in [-0.25, -0.2) is 5.43 Å². The average Bonchev–Trinajstić information content (AvgIpc) is 3.12. The maximum absolute atomic E-state index is 12.1. The van der Waals surface area contributed by atoms with E-state index in [4.69, 9.17) is 4.74 Å². The molecule has 2 aromatic carbocycles. The number of amides is 1. The van der Waals surface area contributed by atoms with Gasteiger partial charge in [-0.2, -0.15) is 10.2 Å². The lowest BCUT2D eigenvalue weighted by Crippen LogP contribution is -2.17. The van der Waals surface area contributed by atoms with Crippen LogP contribution in [0, 0.1) is 0 Å². The number of nitrogens with one attached hydrogen (secondary N) is 2. The number of carbonyl (C=O) groups excluding carboxylic acids is 1. The van der Waals surface area contributed by atoms with E-state index in [1.54, 1.807) is 19.4 Å². The number of hydrogen-bond acceptors (Lipinski definition) is 4. The molecule has 0 fully saturated rings. The van der Waals surface area contributed by atoms with Crippen LogP contribution in [0.3, 0.4) is 0 Å². The zero-order valence-electron chi connectivity index (χ0n) is 13.1. The van der Waals surface area contributed by atoms with Gasteiger partial charge in [0, 0.05) is 5.56 Å². The van der Waals surface area contributed by atoms with Gasteiger partial charge < -0.3 is 4.74 Å². The van der Waals surface area contributed by atoms with Crippen molar-refractivity contribution in [3.8, 4) is 17.0 Å². The fourth-order valence-corrected chi connectivity index (χ4v) is 2.20. The highest BCUT2D eigenvalue weighted by Gasteiger charge is 2.13. The van der Waals surface area contributed by atoms with Crippen LogP contribution in [0.4, 0.5) is 0 Å². The SMILES string of the molecule is COc1ccccc1-c1cc(C(=O)N/N=C/c2ccccc2)[nH]n1. The molecular formula is C18H16N4O2. The van der Waals surface area contributed by atoms with Crippen LogP contribution in [0.1, 0.15) is 16.1 Å². The summed E-state index contributed by atoms with van der Waals surface area (Å²) in [5.41, 5.74) is 5.13. The van der Waals surface area contributed by atoms with E-state index in [1.807, 2.05) is 54.6 Å². The first kappa shape index (κ1) is 15.5. The number of carbonyl (C=O) groups is 1. The number of hydrogen-bond donors (Lipinski definition) is 2. The van der Waals surface area contributed by atoms with Crippen molar-refractivity contribution in [2.45, 2.75) is 0 Å². The minimum Gasteiger partial charge on any atom is -0.496 e. The Balaban J connectivity index is 1.71. The van der Waals surface area contributed by atoms with Gasteiger partial charge in [0.05, 0.1) is 19.0 Å². The van der Waals surface area contributed by atoms with Crippen molar-refractivity contribution in [2.24, 2.45) is 5.10 Å². The van der Waals surface area contributed by atoms with Crippen LogP contribution in [0.2, 0.25) is 0 Å². The lowest BCUT2D eigenvalue weighted by Gasteiger charge is -2.04. The Kier molecular flexibility index (Phi) is 4.67. The minimum atomic E-state index is -0.365. The zero-order chi connectivity index (χ0) is 16.8. The molecule has 0 saturated heterocycles. The summed E-state index contributed by atoms with van der Waals surface area (Å²) < 4.78 is 5.31. The average molecular weight is 320 g/mol. The summed E-state index contributed by atoms with van der Waals surface area (Å²) in [7, 11) is 1.59. The summed E-state index contributed by atoms with van der Waals surface area (Å²) in [5, 5.41) is 10.8. The number of methoxy groups -OCH3 is 1. The minimum absolute atomic E-state index is 0.320. The molecule has 0 radical (unpaired) electrons. The van der Waals surface area contributed by atoms with Crippen molar-refractivity contribution in [1.29, 1.82) is 0 Å². The Labute approximate surface area is 139 Å². The van der Waals surface area contributed by atoms with Crippen LogP contribution in [0.5, 0.6) is 5.75 Å². The van der Waals surface area contributed by atoms with Gasteiger partial charge in [-0.15, -0.1) is 0 Å². The van der Waals surface area contributed by atoms with Crippen molar-refractivity contribution >= 4 is 12.1 Å². The molecule has 0 aliphatic rings. The maximum atomic E-state index is 12.1. The molecule has 1 aromatic heterocycles. The number of ether oxygens (including phenoxy) is 1. The van der Waals surface area contributed by atoms with Gasteiger partial charge >= 0.3 is 0 Å². The number of H-pyrrole nitrogens is 1. The molecule has 1 amide bonds. The van der Waals surface area contributed by atoms with Crippen molar-refractivity contribution in [1.82, 2.24) is 15.6 Å². The van der Waals surface area contributed by atoms with Crippen LogP contribution >= 0.6 is 0 Å². The molecule has 3 aromatic rings. The third-order valence-electron chi connectivity index (χ3n) is 3.38. The molecule has 6 nitrogen and oxygen atoms in total. The normalized spacial score (nSPS) is 10.7. The standard InChI is InChI=1S/C18H16N4O2/c1-24-17-10-6-5-9-14(17)15-11-16(21-20-15)18(23)22-19-12-13-7-3-2-4-8-13/h2-12H,1H3,(H,20,21)(H,22,23)/b19-12+. The molecule has 1 heterocycles. The Bertz CT molecular complexity index is 856. The number of aromatic nitrogens is 2. The number of hydrazone groups is 1. The van der Waals surface area contributed by atoms with Crippen molar-refractivity contribution in [3.05, 3.63) is 71.9 Å². The lowest BCUT2D eigenvalue weighted by atomic mass is 10.1. The molecule has 6 heteroatoms. The summed E-state index contributed by atoms with van der Waals surface area (Å²) in [6, 6.07) is 18.6. The molecule has 24 heavy (non-hydrogen) atoms. The third-order valence-corrected chi connectivity index (χ3v) is 3.38. The molecule has 0 atom stereocenters. The van der Waals surface area contributed by atoms with Crippen LogP contribution in [0.25, 0.3) is 11.3 Å². The Morgan fingerprint density at radius 3 is 2.71 bits per heavy atom. The Morgan fingerprint density at radius 1 is 1.17 bits per heavy atom. The highest BCUT2D eigenvalue weighted by atomic mass is 16.5. The topological polar surface area (TPSA) is 79.4 Å². The van der Waals surface area contributed by atoms with Gasteiger partial charge in [0.25, 0.3) is 5.91 Å². The molecule has 0 unspecified atom stereocenters. The van der Waals surface area contributed by atoms with Gasteiger partial charge in [-0.3, -0.25) is 9.89 Å². The van der Waals surface area contributed by atoms with E-state index in [-0.39, 0.29) is 5.91 Å². The first-order valence-electron chi connectivity index (χ1n) is 7.35. The van der Waals surface area contributed by atoms with E-state index >= 15 is 0 Å². The second-order valence-electron chi connectivity index (χ2n) is 4.98. The van der Waals surface area contributed by atoms with E-state index < -0.39 is 0 Å². The largest absolute Gasteiger partial charge is 0.496 e. The first-order valence-corrected chi connectivity index (χ1v) is 7.35. The van der Waals surface area contributed by atoms with Gasteiger partial charge in [0.15, 0.2) is 0 Å². The fourth-order valence-electron chi connectivity index (χ4n) is 2.20. The number of nitrogens with zero attached hydrogens (tertiary/aromatic N) is 2. The summed E-state index contributed by atoms with van der Waals surface area (Å²) in [4.78, 5) is 12.1. The van der Waals surface area contributed by atoms with Gasteiger partial charge in [0.2, 0.25) is 0 Å². The zero-order valence-corrected chi connectivity index (χ0v) is 13.1. The molecule has 3 rings (SSSR count). The van der Waals surface area contributed by atoms with Crippen LogP contribution in [-0.4, -0.2) is 29.4 Å². The quantitative estimate of drug-likeness (QED) is 0.560. The second kappa shape index (κ2) is 7.23. The lowest BCUT2D eigenvalue weighted by molar-refractivity contribution is 0.0950. The third kappa shape index (κ3) is 3.49. The number of para-hydroxylation sites is 1. The maximum Gasteiger partial charge on any atom is 0.289 e. The van der Waals surface area contributed by atoms with Crippen LogP contribution < -0.4 is 10.2 Å². The monoisotopic (exact) mass is 320 g/mol. The molecule has 0 aliphatic carbocycles. The van der Waals surface area contributed by atoms with E-state index in [0.29, 0.717) is 17.1 Å². The molecule has 0 aliphatic heterocycles. The predicted octanol–water partition coefficient (Wildman–Crippen LogP) is 2.85. The Hall–Kier alpha value is -3.41. The van der Waals surface area contributed by atoms with Gasteiger partial charge in [-0.05, 0) is 23.8 Å². The Morgan fingerprint density at radius 2 is 1.92 bits per heavy atom. The summed E-state index contributed by atoms with van der Waals surface area (Å²) in [5.74, 6) is 0.328. The summed E-state index contributed by atoms with van der Waals surface area (Å²) in [6.45, 7) is 0. The first-order chi connectivity index (χ1) is 11.8. The van der Waals surface area contributed by atoms with Gasteiger partial charge in [0.1, 0.15) is 11.4 Å². The molecule has 0 spiro atoms. The number of aromatic amines is 1. The van der Waals surface area contributed by atoms with Crippen molar-refractivity contribution < 1.29 is 9.53 Å². The molecule has 0 saturated carbocycles. The number of benzene rings is 2. The van der Waals surface area contributed by atoms with E-state index in [1.165, 1.54) is 0 Å². The van der Waals surface area contributed by atoms with E-state index in [9.17, 15) is 4.79 Å². The smallest absolute Gasteiger partial charge is 0.289 e. The summed E-state index contributed by atoms with van der Waals surface area (Å²) in [6.07, 6.45) is 1.58. The molecule has 120 valence electrons. The van der Waals surface area contributed by atoms with Gasteiger partial charge in [-0.1, -0.05) is 42.5 Å². The summed E-state index contributed by atoms with van der Waals surface area (Å²) >= 11 is 0. The fraction of sp³-hybridized carbons (Fsp3) is 0.0556. The molecule has 0 bridgehead atoms. The van der Waals surface area contributed by atoms with Crippen LogP contribution in [-0.2, 0) is 0 Å².